The lowest BCUT2D eigenvalue weighted by molar-refractivity contribution is 0.122. The topological polar surface area (TPSA) is 38.5 Å². The van der Waals surface area contributed by atoms with E-state index in [1.54, 1.807) is 0 Å². The first-order chi connectivity index (χ1) is 8.72. The minimum absolute atomic E-state index is 0.522. The van der Waals surface area contributed by atoms with Gasteiger partial charge in [-0.05, 0) is 43.0 Å². The van der Waals surface area contributed by atoms with Crippen molar-refractivity contribution in [2.24, 2.45) is 5.73 Å². The third-order valence-corrected chi connectivity index (χ3v) is 3.67. The summed E-state index contributed by atoms with van der Waals surface area (Å²) in [7, 11) is 0. The number of ether oxygens (including phenoxy) is 1. The van der Waals surface area contributed by atoms with E-state index in [4.69, 9.17) is 10.5 Å². The van der Waals surface area contributed by atoms with Crippen molar-refractivity contribution in [1.29, 1.82) is 0 Å². The Morgan fingerprint density at radius 2 is 2.06 bits per heavy atom. The molecule has 0 bridgehead atoms. The van der Waals surface area contributed by atoms with Crippen LogP contribution in [0.3, 0.4) is 0 Å². The standard InChI is InChI=1S/C15H24N2O/c1-12-3-4-14(13(2)5-6-16)15(11-12)17-7-9-18-10-8-17/h3-4,11,13H,5-10,16H2,1-2H3. The quantitative estimate of drug-likeness (QED) is 0.888. The van der Waals surface area contributed by atoms with E-state index < -0.39 is 0 Å². The highest BCUT2D eigenvalue weighted by molar-refractivity contribution is 5.57. The van der Waals surface area contributed by atoms with Crippen molar-refractivity contribution in [1.82, 2.24) is 0 Å². The number of rotatable bonds is 4. The van der Waals surface area contributed by atoms with Crippen molar-refractivity contribution in [3.8, 4) is 0 Å². The Bertz CT molecular complexity index is 386. The van der Waals surface area contributed by atoms with E-state index in [1.807, 2.05) is 0 Å². The monoisotopic (exact) mass is 248 g/mol. The Morgan fingerprint density at radius 1 is 1.33 bits per heavy atom. The second kappa shape index (κ2) is 6.21. The first-order valence-corrected chi connectivity index (χ1v) is 6.85. The molecule has 0 spiro atoms. The van der Waals surface area contributed by atoms with Gasteiger partial charge in [-0.25, -0.2) is 0 Å². The minimum atomic E-state index is 0.522. The van der Waals surface area contributed by atoms with Crippen molar-refractivity contribution >= 4 is 5.69 Å². The fourth-order valence-electron chi connectivity index (χ4n) is 2.55. The van der Waals surface area contributed by atoms with E-state index in [0.29, 0.717) is 5.92 Å². The van der Waals surface area contributed by atoms with Crippen LogP contribution >= 0.6 is 0 Å². The van der Waals surface area contributed by atoms with Crippen molar-refractivity contribution < 1.29 is 4.74 Å². The van der Waals surface area contributed by atoms with Gasteiger partial charge in [-0.1, -0.05) is 19.1 Å². The Balaban J connectivity index is 2.27. The Kier molecular flexibility index (Phi) is 4.61. The molecular formula is C15H24N2O. The van der Waals surface area contributed by atoms with Crippen LogP contribution in [0, 0.1) is 6.92 Å². The van der Waals surface area contributed by atoms with Crippen LogP contribution < -0.4 is 10.6 Å². The first kappa shape index (κ1) is 13.4. The third-order valence-electron chi connectivity index (χ3n) is 3.67. The maximum absolute atomic E-state index is 5.69. The van der Waals surface area contributed by atoms with Crippen LogP contribution in [0.4, 0.5) is 5.69 Å². The molecule has 1 aromatic rings. The predicted molar refractivity (Wildman–Crippen MR) is 76.3 cm³/mol. The van der Waals surface area contributed by atoms with Gasteiger partial charge in [0.2, 0.25) is 0 Å². The third kappa shape index (κ3) is 3.03. The van der Waals surface area contributed by atoms with Crippen LogP contribution in [0.2, 0.25) is 0 Å². The molecule has 1 aromatic carbocycles. The Morgan fingerprint density at radius 3 is 2.72 bits per heavy atom. The zero-order valence-electron chi connectivity index (χ0n) is 11.5. The molecule has 0 saturated carbocycles. The van der Waals surface area contributed by atoms with Gasteiger partial charge in [0.1, 0.15) is 0 Å². The summed E-state index contributed by atoms with van der Waals surface area (Å²) in [5.74, 6) is 0.522. The van der Waals surface area contributed by atoms with Gasteiger partial charge in [0.25, 0.3) is 0 Å². The van der Waals surface area contributed by atoms with E-state index in [1.165, 1.54) is 16.8 Å². The fraction of sp³-hybridized carbons (Fsp3) is 0.600. The molecule has 1 atom stereocenters. The lowest BCUT2D eigenvalue weighted by Crippen LogP contribution is -2.37. The van der Waals surface area contributed by atoms with Gasteiger partial charge < -0.3 is 15.4 Å². The molecule has 1 unspecified atom stereocenters. The molecule has 1 heterocycles. The van der Waals surface area contributed by atoms with Gasteiger partial charge in [-0.15, -0.1) is 0 Å². The molecule has 0 aromatic heterocycles. The number of benzene rings is 1. The fourth-order valence-corrected chi connectivity index (χ4v) is 2.55. The van der Waals surface area contributed by atoms with E-state index >= 15 is 0 Å². The summed E-state index contributed by atoms with van der Waals surface area (Å²) in [4.78, 5) is 2.44. The molecule has 100 valence electrons. The number of nitrogens with zero attached hydrogens (tertiary/aromatic N) is 1. The van der Waals surface area contributed by atoms with Crippen LogP contribution in [0.5, 0.6) is 0 Å². The molecule has 1 aliphatic heterocycles. The van der Waals surface area contributed by atoms with Crippen LogP contribution in [-0.4, -0.2) is 32.8 Å². The molecule has 2 N–H and O–H groups in total. The molecule has 1 aliphatic rings. The average Bonchev–Trinajstić information content (AvgIpc) is 2.40. The summed E-state index contributed by atoms with van der Waals surface area (Å²) in [6, 6.07) is 6.76. The molecule has 3 heteroatoms. The molecule has 0 radical (unpaired) electrons. The smallest absolute Gasteiger partial charge is 0.0642 e. The number of anilines is 1. The number of morpholine rings is 1. The minimum Gasteiger partial charge on any atom is -0.378 e. The summed E-state index contributed by atoms with van der Waals surface area (Å²) in [5, 5.41) is 0. The van der Waals surface area contributed by atoms with Gasteiger partial charge in [0.05, 0.1) is 13.2 Å². The van der Waals surface area contributed by atoms with Gasteiger partial charge >= 0.3 is 0 Å². The molecule has 1 fully saturated rings. The number of aryl methyl sites for hydroxylation is 1. The lowest BCUT2D eigenvalue weighted by atomic mass is 9.94. The highest BCUT2D eigenvalue weighted by Gasteiger charge is 2.17. The van der Waals surface area contributed by atoms with Crippen molar-refractivity contribution in [2.75, 3.05) is 37.7 Å². The van der Waals surface area contributed by atoms with Crippen molar-refractivity contribution in [3.63, 3.8) is 0 Å². The molecule has 0 amide bonds. The molecule has 1 saturated heterocycles. The zero-order valence-corrected chi connectivity index (χ0v) is 11.5. The van der Waals surface area contributed by atoms with Gasteiger partial charge in [0.15, 0.2) is 0 Å². The summed E-state index contributed by atoms with van der Waals surface area (Å²) in [6.07, 6.45) is 1.04. The normalized spacial score (nSPS) is 17.8. The van der Waals surface area contributed by atoms with Crippen LogP contribution in [0.15, 0.2) is 18.2 Å². The predicted octanol–water partition coefficient (Wildman–Crippen LogP) is 2.28. The van der Waals surface area contributed by atoms with E-state index in [9.17, 15) is 0 Å². The van der Waals surface area contributed by atoms with E-state index in [-0.39, 0.29) is 0 Å². The van der Waals surface area contributed by atoms with Gasteiger partial charge in [-0.2, -0.15) is 0 Å². The first-order valence-electron chi connectivity index (χ1n) is 6.85. The average molecular weight is 248 g/mol. The van der Waals surface area contributed by atoms with E-state index in [2.05, 4.69) is 36.9 Å². The summed E-state index contributed by atoms with van der Waals surface area (Å²) in [5.41, 5.74) is 9.81. The highest BCUT2D eigenvalue weighted by atomic mass is 16.5. The van der Waals surface area contributed by atoms with Gasteiger partial charge in [0, 0.05) is 18.8 Å². The van der Waals surface area contributed by atoms with Crippen LogP contribution in [0.1, 0.15) is 30.4 Å². The number of nitrogens with two attached hydrogens (primary N) is 1. The maximum Gasteiger partial charge on any atom is 0.0642 e. The van der Waals surface area contributed by atoms with Gasteiger partial charge in [-0.3, -0.25) is 0 Å². The SMILES string of the molecule is Cc1ccc(C(C)CCN)c(N2CCOCC2)c1. The van der Waals surface area contributed by atoms with Crippen LogP contribution in [-0.2, 0) is 4.74 Å². The molecule has 18 heavy (non-hydrogen) atoms. The summed E-state index contributed by atoms with van der Waals surface area (Å²) >= 11 is 0. The van der Waals surface area contributed by atoms with E-state index in [0.717, 1.165) is 39.3 Å². The Labute approximate surface area is 110 Å². The molecule has 3 nitrogen and oxygen atoms in total. The zero-order chi connectivity index (χ0) is 13.0. The lowest BCUT2D eigenvalue weighted by Gasteiger charge is -2.32. The highest BCUT2D eigenvalue weighted by Crippen LogP contribution is 2.31. The molecule has 2 rings (SSSR count). The number of hydrogen-bond acceptors (Lipinski definition) is 3. The Hall–Kier alpha value is -1.06. The largest absolute Gasteiger partial charge is 0.378 e. The molecule has 0 aliphatic carbocycles. The van der Waals surface area contributed by atoms with Crippen molar-refractivity contribution in [3.05, 3.63) is 29.3 Å². The summed E-state index contributed by atoms with van der Waals surface area (Å²) < 4.78 is 5.44. The van der Waals surface area contributed by atoms with Crippen molar-refractivity contribution in [2.45, 2.75) is 26.2 Å². The second-order valence-electron chi connectivity index (χ2n) is 5.14. The maximum atomic E-state index is 5.69. The van der Waals surface area contributed by atoms with Crippen LogP contribution in [0.25, 0.3) is 0 Å². The second-order valence-corrected chi connectivity index (χ2v) is 5.14. The molecular weight excluding hydrogens is 224 g/mol. The number of hydrogen-bond donors (Lipinski definition) is 1. The summed E-state index contributed by atoms with van der Waals surface area (Å²) in [6.45, 7) is 8.81.